The molecule has 3 aliphatic rings. The number of rotatable bonds is 4. The highest BCUT2D eigenvalue weighted by Crippen LogP contribution is 2.36. The lowest BCUT2D eigenvalue weighted by Crippen LogP contribution is -2.43. The number of imidazole rings is 1. The van der Waals surface area contributed by atoms with Crippen LogP contribution in [0.1, 0.15) is 54.9 Å². The minimum absolute atomic E-state index is 0.0718. The summed E-state index contributed by atoms with van der Waals surface area (Å²) >= 11 is 0. The summed E-state index contributed by atoms with van der Waals surface area (Å²) < 4.78 is 16.1. The van der Waals surface area contributed by atoms with Crippen molar-refractivity contribution in [2.45, 2.75) is 44.6 Å². The van der Waals surface area contributed by atoms with Crippen LogP contribution >= 0.6 is 0 Å². The van der Waals surface area contributed by atoms with Gasteiger partial charge in [-0.05, 0) is 43.6 Å². The van der Waals surface area contributed by atoms with Gasteiger partial charge in [-0.3, -0.25) is 19.1 Å². The quantitative estimate of drug-likeness (QED) is 0.736. The Morgan fingerprint density at radius 3 is 2.39 bits per heavy atom. The Hall–Kier alpha value is -2.68. The topological polar surface area (TPSA) is 90.4 Å². The van der Waals surface area contributed by atoms with Gasteiger partial charge in [-0.1, -0.05) is 12.8 Å². The van der Waals surface area contributed by atoms with Gasteiger partial charge in [0.2, 0.25) is 5.91 Å². The summed E-state index contributed by atoms with van der Waals surface area (Å²) in [6.45, 7) is 3.69. The van der Waals surface area contributed by atoms with Crippen molar-refractivity contribution in [1.29, 1.82) is 0 Å². The van der Waals surface area contributed by atoms with E-state index in [1.165, 1.54) is 44.9 Å². The predicted octanol–water partition coefficient (Wildman–Crippen LogP) is 2.11. The first-order valence-corrected chi connectivity index (χ1v) is 12.1. The van der Waals surface area contributed by atoms with Gasteiger partial charge >= 0.3 is 5.69 Å². The number of H-pyrrole nitrogens is 1. The number of benzene rings is 1. The lowest BCUT2D eigenvalue weighted by atomic mass is 9.82. The van der Waals surface area contributed by atoms with Crippen molar-refractivity contribution in [3.63, 3.8) is 0 Å². The standard InChI is InChI=1S/C24H32FN5O3/c1-26-23(32)18-10-20-21(11-19(18)25)30(24(33)27-20)17-6-8-28(9-7-17)14-22(31)29-12-15-4-2-3-5-16(15)13-29/h10-11,15-17H,2-9,12-14H2,1H3,(H,26,32)(H,27,33). The molecule has 178 valence electrons. The minimum Gasteiger partial charge on any atom is -0.355 e. The first-order valence-electron chi connectivity index (χ1n) is 12.1. The smallest absolute Gasteiger partial charge is 0.326 e. The molecule has 1 saturated carbocycles. The van der Waals surface area contributed by atoms with Gasteiger partial charge in [0.15, 0.2) is 0 Å². The summed E-state index contributed by atoms with van der Waals surface area (Å²) in [6.07, 6.45) is 6.52. The van der Waals surface area contributed by atoms with E-state index in [2.05, 4.69) is 20.1 Å². The fourth-order valence-electron chi connectivity index (χ4n) is 6.05. The normalized spacial score (nSPS) is 24.2. The maximum absolute atomic E-state index is 14.5. The van der Waals surface area contributed by atoms with E-state index in [9.17, 15) is 18.8 Å². The van der Waals surface area contributed by atoms with E-state index in [1.807, 2.05) is 0 Å². The Bertz CT molecular complexity index is 1100. The van der Waals surface area contributed by atoms with Crippen molar-refractivity contribution in [3.8, 4) is 0 Å². The number of aromatic nitrogens is 2. The molecule has 1 aliphatic carbocycles. The van der Waals surface area contributed by atoms with Gasteiger partial charge in [-0.15, -0.1) is 0 Å². The van der Waals surface area contributed by atoms with Crippen LogP contribution in [0.25, 0.3) is 11.0 Å². The molecule has 9 heteroatoms. The molecular formula is C24H32FN5O3. The first-order chi connectivity index (χ1) is 15.9. The number of hydrogen-bond donors (Lipinski definition) is 2. The maximum Gasteiger partial charge on any atom is 0.326 e. The molecule has 3 fully saturated rings. The number of carbonyl (C=O) groups excluding carboxylic acids is 2. The lowest BCUT2D eigenvalue weighted by Gasteiger charge is -2.33. The van der Waals surface area contributed by atoms with Gasteiger partial charge in [0.1, 0.15) is 5.82 Å². The highest BCUT2D eigenvalue weighted by Gasteiger charge is 2.37. The van der Waals surface area contributed by atoms with Crippen LogP contribution in [0.4, 0.5) is 4.39 Å². The lowest BCUT2D eigenvalue weighted by molar-refractivity contribution is -0.132. The molecule has 33 heavy (non-hydrogen) atoms. The second-order valence-electron chi connectivity index (χ2n) is 9.84. The third-order valence-electron chi connectivity index (χ3n) is 7.89. The molecule has 0 radical (unpaired) electrons. The second-order valence-corrected chi connectivity index (χ2v) is 9.84. The average molecular weight is 458 g/mol. The fourth-order valence-corrected chi connectivity index (χ4v) is 6.05. The molecule has 0 spiro atoms. The number of aromatic amines is 1. The molecule has 2 aromatic rings. The zero-order valence-corrected chi connectivity index (χ0v) is 19.1. The zero-order chi connectivity index (χ0) is 23.1. The van der Waals surface area contributed by atoms with Gasteiger partial charge in [0.05, 0.1) is 23.1 Å². The largest absolute Gasteiger partial charge is 0.355 e. The number of carbonyl (C=O) groups is 2. The number of piperidine rings is 1. The van der Waals surface area contributed by atoms with Crippen LogP contribution in [0.5, 0.6) is 0 Å². The molecule has 5 rings (SSSR count). The van der Waals surface area contributed by atoms with Gasteiger partial charge in [0.25, 0.3) is 5.91 Å². The van der Waals surface area contributed by atoms with Gasteiger partial charge in [0, 0.05) is 45.3 Å². The average Bonchev–Trinajstić information content (AvgIpc) is 3.39. The summed E-state index contributed by atoms with van der Waals surface area (Å²) in [7, 11) is 1.44. The van der Waals surface area contributed by atoms with Crippen molar-refractivity contribution in [2.75, 3.05) is 39.8 Å². The summed E-state index contributed by atoms with van der Waals surface area (Å²) in [4.78, 5) is 44.4. The molecule has 1 aromatic heterocycles. The summed E-state index contributed by atoms with van der Waals surface area (Å²) in [6, 6.07) is 2.58. The SMILES string of the molecule is CNC(=O)c1cc2[nH]c(=O)n(C3CCN(CC(=O)N4CC5CCCCC5C4)CC3)c2cc1F. The predicted molar refractivity (Wildman–Crippen MR) is 123 cm³/mol. The number of hydrogen-bond acceptors (Lipinski definition) is 4. The molecule has 2 saturated heterocycles. The molecule has 2 amide bonds. The molecule has 2 aliphatic heterocycles. The van der Waals surface area contributed by atoms with E-state index in [0.717, 1.165) is 26.2 Å². The second kappa shape index (κ2) is 8.93. The third-order valence-corrected chi connectivity index (χ3v) is 7.89. The fraction of sp³-hybridized carbons (Fsp3) is 0.625. The van der Waals surface area contributed by atoms with Crippen molar-refractivity contribution >= 4 is 22.8 Å². The Kier molecular flexibility index (Phi) is 5.99. The van der Waals surface area contributed by atoms with E-state index in [0.29, 0.717) is 42.3 Å². The molecule has 2 atom stereocenters. The number of fused-ring (bicyclic) bond motifs is 2. The minimum atomic E-state index is -0.649. The van der Waals surface area contributed by atoms with Crippen molar-refractivity contribution in [2.24, 2.45) is 11.8 Å². The first kappa shape index (κ1) is 22.1. The highest BCUT2D eigenvalue weighted by atomic mass is 19.1. The highest BCUT2D eigenvalue weighted by molar-refractivity contribution is 5.97. The Morgan fingerprint density at radius 2 is 1.76 bits per heavy atom. The Morgan fingerprint density at radius 1 is 1.09 bits per heavy atom. The van der Waals surface area contributed by atoms with Gasteiger partial charge < -0.3 is 15.2 Å². The van der Waals surface area contributed by atoms with Crippen LogP contribution in [0.3, 0.4) is 0 Å². The van der Waals surface area contributed by atoms with Crippen LogP contribution in [0.2, 0.25) is 0 Å². The van der Waals surface area contributed by atoms with Crippen LogP contribution in [-0.2, 0) is 4.79 Å². The number of halogens is 1. The number of nitrogens with one attached hydrogen (secondary N) is 2. The van der Waals surface area contributed by atoms with Crippen molar-refractivity contribution in [3.05, 3.63) is 34.0 Å². The van der Waals surface area contributed by atoms with E-state index < -0.39 is 11.7 Å². The maximum atomic E-state index is 14.5. The van der Waals surface area contributed by atoms with Gasteiger partial charge in [-0.2, -0.15) is 0 Å². The number of nitrogens with zero attached hydrogens (tertiary/aromatic N) is 3. The zero-order valence-electron chi connectivity index (χ0n) is 19.1. The molecule has 0 bridgehead atoms. The van der Waals surface area contributed by atoms with Crippen LogP contribution in [-0.4, -0.2) is 70.9 Å². The molecule has 2 N–H and O–H groups in total. The Labute approximate surface area is 192 Å². The molecule has 1 aromatic carbocycles. The summed E-state index contributed by atoms with van der Waals surface area (Å²) in [5, 5.41) is 2.41. The van der Waals surface area contributed by atoms with Crippen LogP contribution < -0.4 is 11.0 Å². The Balaban J connectivity index is 1.23. The van der Waals surface area contributed by atoms with E-state index in [4.69, 9.17) is 0 Å². The summed E-state index contributed by atoms with van der Waals surface area (Å²) in [5.41, 5.74) is 0.536. The van der Waals surface area contributed by atoms with Gasteiger partial charge in [-0.25, -0.2) is 9.18 Å². The summed E-state index contributed by atoms with van der Waals surface area (Å²) in [5.74, 6) is 0.413. The number of amides is 2. The third kappa shape index (κ3) is 4.18. The van der Waals surface area contributed by atoms with E-state index in [-0.39, 0.29) is 23.2 Å². The van der Waals surface area contributed by atoms with Crippen LogP contribution in [0.15, 0.2) is 16.9 Å². The van der Waals surface area contributed by atoms with Crippen molar-refractivity contribution < 1.29 is 14.0 Å². The van der Waals surface area contributed by atoms with E-state index in [1.54, 1.807) is 4.57 Å². The molecular weight excluding hydrogens is 425 g/mol. The molecule has 3 heterocycles. The number of likely N-dealkylation sites (tertiary alicyclic amines) is 2. The van der Waals surface area contributed by atoms with E-state index >= 15 is 0 Å². The monoisotopic (exact) mass is 457 g/mol. The van der Waals surface area contributed by atoms with Crippen molar-refractivity contribution in [1.82, 2.24) is 24.7 Å². The molecule has 8 nitrogen and oxygen atoms in total. The van der Waals surface area contributed by atoms with Crippen LogP contribution in [0, 0.1) is 17.7 Å². The molecule has 2 unspecified atom stereocenters.